The minimum atomic E-state index is -4.92. The van der Waals surface area contributed by atoms with Crippen molar-refractivity contribution in [2.45, 2.75) is 26.9 Å². The molecule has 0 heterocycles. The molecular formula is C14H17F3N2O2. The number of rotatable bonds is 4. The molecule has 0 spiro atoms. The summed E-state index contributed by atoms with van der Waals surface area (Å²) >= 11 is 0. The van der Waals surface area contributed by atoms with E-state index in [9.17, 15) is 22.8 Å². The molecule has 0 aliphatic heterocycles. The number of anilines is 2. The van der Waals surface area contributed by atoms with Crippen LogP contribution in [-0.4, -0.2) is 24.5 Å². The van der Waals surface area contributed by atoms with E-state index in [0.717, 1.165) is 0 Å². The number of carbonyl (C=O) groups excluding carboxylic acids is 2. The summed E-state index contributed by atoms with van der Waals surface area (Å²) in [4.78, 5) is 23.4. The summed E-state index contributed by atoms with van der Waals surface area (Å²) in [5.74, 6) is -2.31. The lowest BCUT2D eigenvalue weighted by Crippen LogP contribution is -2.41. The van der Waals surface area contributed by atoms with Crippen LogP contribution in [-0.2, 0) is 9.59 Å². The van der Waals surface area contributed by atoms with E-state index in [-0.39, 0.29) is 24.1 Å². The van der Waals surface area contributed by atoms with Crippen LogP contribution >= 0.6 is 0 Å². The van der Waals surface area contributed by atoms with Gasteiger partial charge in [0, 0.05) is 23.8 Å². The highest BCUT2D eigenvalue weighted by Crippen LogP contribution is 2.24. The molecule has 0 saturated carbocycles. The van der Waals surface area contributed by atoms with E-state index >= 15 is 0 Å². The third kappa shape index (κ3) is 4.47. The lowest BCUT2D eigenvalue weighted by atomic mass is 10.2. The zero-order chi connectivity index (χ0) is 16.2. The van der Waals surface area contributed by atoms with E-state index in [2.05, 4.69) is 5.32 Å². The van der Waals surface area contributed by atoms with Crippen molar-refractivity contribution < 1.29 is 22.8 Å². The number of alkyl halides is 3. The Bertz CT molecular complexity index is 510. The summed E-state index contributed by atoms with van der Waals surface area (Å²) in [6.45, 7) is 4.81. The van der Waals surface area contributed by atoms with E-state index in [0.29, 0.717) is 10.6 Å². The molecule has 0 fully saturated rings. The Morgan fingerprint density at radius 3 is 2.10 bits per heavy atom. The number of amides is 2. The topological polar surface area (TPSA) is 49.4 Å². The van der Waals surface area contributed by atoms with Gasteiger partial charge < -0.3 is 10.2 Å². The second kappa shape index (κ2) is 6.60. The molecule has 0 aromatic heterocycles. The lowest BCUT2D eigenvalue weighted by Gasteiger charge is -2.22. The number of nitrogens with one attached hydrogen (secondary N) is 1. The third-order valence-electron chi connectivity index (χ3n) is 2.77. The Hall–Kier alpha value is -2.05. The zero-order valence-electron chi connectivity index (χ0n) is 12.0. The van der Waals surface area contributed by atoms with Crippen molar-refractivity contribution >= 4 is 23.2 Å². The molecule has 0 atom stereocenters. The van der Waals surface area contributed by atoms with Gasteiger partial charge in [-0.25, -0.2) is 0 Å². The minimum absolute atomic E-state index is 0.101. The molecule has 4 nitrogen and oxygen atoms in total. The van der Waals surface area contributed by atoms with Crippen LogP contribution in [0.25, 0.3) is 0 Å². The molecule has 21 heavy (non-hydrogen) atoms. The second-order valence-corrected chi connectivity index (χ2v) is 4.74. The second-order valence-electron chi connectivity index (χ2n) is 4.74. The Kier molecular flexibility index (Phi) is 5.34. The smallest absolute Gasteiger partial charge is 0.326 e. The minimum Gasteiger partial charge on any atom is -0.326 e. The predicted molar refractivity (Wildman–Crippen MR) is 74.0 cm³/mol. The van der Waals surface area contributed by atoms with Crippen molar-refractivity contribution in [2.24, 2.45) is 5.92 Å². The van der Waals surface area contributed by atoms with Crippen LogP contribution in [0.4, 0.5) is 24.5 Å². The highest BCUT2D eigenvalue weighted by molar-refractivity contribution is 5.97. The summed E-state index contributed by atoms with van der Waals surface area (Å²) in [6, 6.07) is 5.65. The van der Waals surface area contributed by atoms with Crippen molar-refractivity contribution in [1.82, 2.24) is 0 Å². The summed E-state index contributed by atoms with van der Waals surface area (Å²) < 4.78 is 37.4. The first-order chi connectivity index (χ1) is 9.66. The molecule has 1 N–H and O–H groups in total. The lowest BCUT2D eigenvalue weighted by molar-refractivity contribution is -0.170. The quantitative estimate of drug-likeness (QED) is 0.928. The fourth-order valence-corrected chi connectivity index (χ4v) is 1.61. The summed E-state index contributed by atoms with van der Waals surface area (Å²) in [5, 5.41) is 2.62. The van der Waals surface area contributed by atoms with Crippen LogP contribution in [0.5, 0.6) is 0 Å². The average molecular weight is 302 g/mol. The number of hydrogen-bond acceptors (Lipinski definition) is 2. The van der Waals surface area contributed by atoms with Crippen LogP contribution in [0.3, 0.4) is 0 Å². The Morgan fingerprint density at radius 2 is 1.71 bits per heavy atom. The summed E-state index contributed by atoms with van der Waals surface area (Å²) in [6.07, 6.45) is -4.92. The first-order valence-electron chi connectivity index (χ1n) is 6.46. The fourth-order valence-electron chi connectivity index (χ4n) is 1.61. The first-order valence-corrected chi connectivity index (χ1v) is 6.46. The highest BCUT2D eigenvalue weighted by atomic mass is 19.4. The molecule has 0 unspecified atom stereocenters. The van der Waals surface area contributed by atoms with Crippen molar-refractivity contribution in [1.29, 1.82) is 0 Å². The van der Waals surface area contributed by atoms with Crippen LogP contribution in [0.15, 0.2) is 24.3 Å². The number of carbonyl (C=O) groups is 2. The van der Waals surface area contributed by atoms with Gasteiger partial charge in [0.05, 0.1) is 0 Å². The van der Waals surface area contributed by atoms with Gasteiger partial charge in [0.15, 0.2) is 0 Å². The Labute approximate surface area is 120 Å². The first kappa shape index (κ1) is 17.0. The number of halogens is 3. The van der Waals surface area contributed by atoms with Crippen molar-refractivity contribution in [3.8, 4) is 0 Å². The standard InChI is InChI=1S/C14H17F3N2O2/c1-4-19(13(21)14(15,16)17)11-7-5-10(6-8-11)18-12(20)9(2)3/h5-9H,4H2,1-3H3,(H,18,20). The van der Waals surface area contributed by atoms with Crippen LogP contribution in [0.1, 0.15) is 20.8 Å². The van der Waals surface area contributed by atoms with E-state index in [1.807, 2.05) is 0 Å². The van der Waals surface area contributed by atoms with Crippen LogP contribution in [0.2, 0.25) is 0 Å². The van der Waals surface area contributed by atoms with Gasteiger partial charge in [0.25, 0.3) is 0 Å². The molecule has 0 saturated heterocycles. The Morgan fingerprint density at radius 1 is 1.19 bits per heavy atom. The monoisotopic (exact) mass is 302 g/mol. The van der Waals surface area contributed by atoms with Gasteiger partial charge in [0.1, 0.15) is 0 Å². The van der Waals surface area contributed by atoms with E-state index in [1.165, 1.54) is 31.2 Å². The molecule has 7 heteroatoms. The van der Waals surface area contributed by atoms with Gasteiger partial charge in [-0.1, -0.05) is 13.8 Å². The van der Waals surface area contributed by atoms with Crippen molar-refractivity contribution in [2.75, 3.05) is 16.8 Å². The summed E-state index contributed by atoms with van der Waals surface area (Å²) in [7, 11) is 0. The maximum absolute atomic E-state index is 12.5. The SMILES string of the molecule is CCN(C(=O)C(F)(F)F)c1ccc(NC(=O)C(C)C)cc1. The summed E-state index contributed by atoms with van der Waals surface area (Å²) in [5.41, 5.74) is 0.593. The van der Waals surface area contributed by atoms with Gasteiger partial charge in [-0.15, -0.1) is 0 Å². The fraction of sp³-hybridized carbons (Fsp3) is 0.429. The van der Waals surface area contributed by atoms with E-state index in [1.54, 1.807) is 13.8 Å². The van der Waals surface area contributed by atoms with E-state index < -0.39 is 12.1 Å². The molecule has 116 valence electrons. The number of hydrogen-bond donors (Lipinski definition) is 1. The van der Waals surface area contributed by atoms with Crippen molar-refractivity contribution in [3.63, 3.8) is 0 Å². The molecule has 0 aliphatic carbocycles. The molecule has 0 aliphatic rings. The number of nitrogens with zero attached hydrogens (tertiary/aromatic N) is 1. The zero-order valence-corrected chi connectivity index (χ0v) is 12.0. The molecular weight excluding hydrogens is 285 g/mol. The largest absolute Gasteiger partial charge is 0.471 e. The molecule has 1 rings (SSSR count). The van der Waals surface area contributed by atoms with E-state index in [4.69, 9.17) is 0 Å². The molecule has 2 amide bonds. The van der Waals surface area contributed by atoms with Gasteiger partial charge in [0.2, 0.25) is 5.91 Å². The van der Waals surface area contributed by atoms with Gasteiger partial charge in [-0.3, -0.25) is 9.59 Å². The normalized spacial score (nSPS) is 11.4. The average Bonchev–Trinajstić information content (AvgIpc) is 2.40. The highest BCUT2D eigenvalue weighted by Gasteiger charge is 2.42. The molecule has 0 bridgehead atoms. The van der Waals surface area contributed by atoms with Crippen LogP contribution < -0.4 is 10.2 Å². The molecule has 0 radical (unpaired) electrons. The van der Waals surface area contributed by atoms with Gasteiger partial charge in [-0.05, 0) is 31.2 Å². The molecule has 1 aromatic rings. The maximum atomic E-state index is 12.5. The Balaban J connectivity index is 2.90. The van der Waals surface area contributed by atoms with Crippen molar-refractivity contribution in [3.05, 3.63) is 24.3 Å². The molecule has 1 aromatic carbocycles. The maximum Gasteiger partial charge on any atom is 0.471 e. The van der Waals surface area contributed by atoms with Gasteiger partial charge >= 0.3 is 12.1 Å². The van der Waals surface area contributed by atoms with Gasteiger partial charge in [-0.2, -0.15) is 13.2 Å². The number of benzene rings is 1. The van der Waals surface area contributed by atoms with Crippen LogP contribution in [0, 0.1) is 5.92 Å². The third-order valence-corrected chi connectivity index (χ3v) is 2.77. The predicted octanol–water partition coefficient (Wildman–Crippen LogP) is 3.20.